The molecule has 2 saturated heterocycles. The van der Waals surface area contributed by atoms with Gasteiger partial charge in [0.05, 0.1) is 7.11 Å². The molecular weight excluding hydrogens is 453 g/mol. The Labute approximate surface area is 213 Å². The molecule has 2 fully saturated rings. The number of nitrogens with zero attached hydrogens (tertiary/aromatic N) is 3. The predicted octanol–water partition coefficient (Wildman–Crippen LogP) is 4.82. The Morgan fingerprint density at radius 2 is 1.69 bits per heavy atom. The summed E-state index contributed by atoms with van der Waals surface area (Å²) in [5.74, 6) is 1.08. The monoisotopic (exact) mass is 487 g/mol. The molecule has 3 aromatic carbocycles. The van der Waals surface area contributed by atoms with Crippen LogP contribution in [0.25, 0.3) is 0 Å². The molecule has 5 rings (SSSR count). The molecule has 188 valence electrons. The van der Waals surface area contributed by atoms with Crippen molar-refractivity contribution in [1.29, 1.82) is 0 Å². The average Bonchev–Trinajstić information content (AvgIpc) is 3.33. The van der Waals surface area contributed by atoms with Crippen molar-refractivity contribution in [1.82, 2.24) is 9.80 Å². The molecule has 2 aliphatic heterocycles. The number of ether oxygens (including phenoxy) is 1. The van der Waals surface area contributed by atoms with Crippen molar-refractivity contribution < 1.29 is 13.9 Å². The van der Waals surface area contributed by atoms with Gasteiger partial charge in [-0.3, -0.25) is 9.69 Å². The van der Waals surface area contributed by atoms with Gasteiger partial charge in [-0.1, -0.05) is 35.9 Å². The van der Waals surface area contributed by atoms with Crippen molar-refractivity contribution in [2.24, 2.45) is 5.92 Å². The van der Waals surface area contributed by atoms with Crippen LogP contribution in [0.4, 0.5) is 10.1 Å². The Bertz CT molecular complexity index is 1190. The standard InChI is InChI=1S/C30H34FN3O2/c1-22-9-11-23(12-10-22)30(35)34-20-25(29(21-34)24-5-3-6-26(31)17-24)19-32-13-15-33(16-14-32)27-7-4-8-28(18-27)36-2/h3-12,17-18,25,29H,13-16,19-21H2,1-2H3/t25-,29+/m1/s1. The summed E-state index contributed by atoms with van der Waals surface area (Å²) < 4.78 is 19.5. The fraction of sp³-hybridized carbons (Fsp3) is 0.367. The number of carbonyl (C=O) groups excluding carboxylic acids is 1. The van der Waals surface area contributed by atoms with E-state index in [9.17, 15) is 9.18 Å². The van der Waals surface area contributed by atoms with Crippen molar-refractivity contribution in [2.45, 2.75) is 12.8 Å². The van der Waals surface area contributed by atoms with Crippen LogP contribution in [0.5, 0.6) is 5.75 Å². The maximum Gasteiger partial charge on any atom is 0.253 e. The number of piperazine rings is 1. The Morgan fingerprint density at radius 1 is 0.944 bits per heavy atom. The molecule has 0 N–H and O–H groups in total. The highest BCUT2D eigenvalue weighted by molar-refractivity contribution is 5.94. The summed E-state index contributed by atoms with van der Waals surface area (Å²) in [6, 6.07) is 22.9. The molecule has 0 aromatic heterocycles. The summed E-state index contributed by atoms with van der Waals surface area (Å²) in [4.78, 5) is 20.2. The zero-order chi connectivity index (χ0) is 25.1. The minimum absolute atomic E-state index is 0.0572. The SMILES string of the molecule is COc1cccc(N2CCN(C[C@@H]3CN(C(=O)c4ccc(C)cc4)C[C@H]3c3cccc(F)c3)CC2)c1. The van der Waals surface area contributed by atoms with E-state index in [2.05, 4.69) is 21.9 Å². The number of benzene rings is 3. The molecule has 2 aliphatic rings. The molecule has 0 spiro atoms. The number of hydrogen-bond acceptors (Lipinski definition) is 4. The number of rotatable bonds is 6. The number of halogens is 1. The number of amides is 1. The summed E-state index contributed by atoms with van der Waals surface area (Å²) in [7, 11) is 1.69. The Balaban J connectivity index is 1.28. The number of likely N-dealkylation sites (tertiary alicyclic amines) is 1. The number of aryl methyl sites for hydroxylation is 1. The van der Waals surface area contributed by atoms with E-state index in [-0.39, 0.29) is 23.6 Å². The van der Waals surface area contributed by atoms with Crippen LogP contribution in [0.2, 0.25) is 0 Å². The lowest BCUT2D eigenvalue weighted by Crippen LogP contribution is -2.48. The molecule has 6 heteroatoms. The van der Waals surface area contributed by atoms with Crippen molar-refractivity contribution in [3.63, 3.8) is 0 Å². The zero-order valence-corrected chi connectivity index (χ0v) is 21.1. The molecule has 0 unspecified atom stereocenters. The first-order chi connectivity index (χ1) is 17.5. The lowest BCUT2D eigenvalue weighted by Gasteiger charge is -2.38. The van der Waals surface area contributed by atoms with Crippen LogP contribution < -0.4 is 9.64 Å². The van der Waals surface area contributed by atoms with E-state index < -0.39 is 0 Å². The summed E-state index contributed by atoms with van der Waals surface area (Å²) in [5.41, 5.74) is 4.01. The highest BCUT2D eigenvalue weighted by atomic mass is 19.1. The molecule has 2 atom stereocenters. The van der Waals surface area contributed by atoms with Crippen LogP contribution >= 0.6 is 0 Å². The van der Waals surface area contributed by atoms with Gasteiger partial charge < -0.3 is 14.5 Å². The van der Waals surface area contributed by atoms with Gasteiger partial charge in [-0.2, -0.15) is 0 Å². The largest absolute Gasteiger partial charge is 0.497 e. The summed E-state index contributed by atoms with van der Waals surface area (Å²) >= 11 is 0. The number of anilines is 1. The second-order valence-electron chi connectivity index (χ2n) is 9.99. The van der Waals surface area contributed by atoms with Gasteiger partial charge in [0.15, 0.2) is 0 Å². The fourth-order valence-electron chi connectivity index (χ4n) is 5.54. The van der Waals surface area contributed by atoms with Gasteiger partial charge in [0.1, 0.15) is 11.6 Å². The van der Waals surface area contributed by atoms with Crippen LogP contribution in [-0.4, -0.2) is 68.6 Å². The summed E-state index contributed by atoms with van der Waals surface area (Å²) in [6.07, 6.45) is 0. The smallest absolute Gasteiger partial charge is 0.253 e. The maximum absolute atomic E-state index is 14.1. The van der Waals surface area contributed by atoms with Gasteiger partial charge in [0.25, 0.3) is 5.91 Å². The Hall–Kier alpha value is -3.38. The van der Waals surface area contributed by atoms with Gasteiger partial charge in [0, 0.05) is 69.0 Å². The highest BCUT2D eigenvalue weighted by Gasteiger charge is 2.38. The average molecular weight is 488 g/mol. The van der Waals surface area contributed by atoms with E-state index in [1.165, 1.54) is 11.8 Å². The minimum atomic E-state index is -0.221. The first kappa shape index (κ1) is 24.3. The minimum Gasteiger partial charge on any atom is -0.497 e. The molecular formula is C30H34FN3O2. The summed E-state index contributed by atoms with van der Waals surface area (Å²) in [5, 5.41) is 0. The molecule has 0 radical (unpaired) electrons. The van der Waals surface area contributed by atoms with Gasteiger partial charge in [-0.25, -0.2) is 4.39 Å². The van der Waals surface area contributed by atoms with Crippen LogP contribution in [-0.2, 0) is 0 Å². The van der Waals surface area contributed by atoms with Gasteiger partial charge in [-0.15, -0.1) is 0 Å². The number of hydrogen-bond donors (Lipinski definition) is 0. The van der Waals surface area contributed by atoms with E-state index in [0.717, 1.165) is 49.6 Å². The van der Waals surface area contributed by atoms with E-state index in [0.29, 0.717) is 18.7 Å². The Kier molecular flexibility index (Phi) is 7.23. The summed E-state index contributed by atoms with van der Waals surface area (Å²) in [6.45, 7) is 8.01. The van der Waals surface area contributed by atoms with Crippen LogP contribution in [0.1, 0.15) is 27.4 Å². The molecule has 5 nitrogen and oxygen atoms in total. The quantitative estimate of drug-likeness (QED) is 0.500. The normalized spacial score (nSPS) is 20.5. The van der Waals surface area contributed by atoms with Gasteiger partial charge in [-0.05, 0) is 54.8 Å². The van der Waals surface area contributed by atoms with Crippen molar-refractivity contribution in [3.05, 3.63) is 95.3 Å². The molecule has 1 amide bonds. The van der Waals surface area contributed by atoms with E-state index in [1.54, 1.807) is 19.2 Å². The number of carbonyl (C=O) groups is 1. The van der Waals surface area contributed by atoms with E-state index in [4.69, 9.17) is 4.74 Å². The maximum atomic E-state index is 14.1. The first-order valence-corrected chi connectivity index (χ1v) is 12.7. The van der Waals surface area contributed by atoms with Crippen LogP contribution in [0.3, 0.4) is 0 Å². The highest BCUT2D eigenvalue weighted by Crippen LogP contribution is 2.35. The second kappa shape index (κ2) is 10.7. The third kappa shape index (κ3) is 5.39. The van der Waals surface area contributed by atoms with Crippen LogP contribution in [0, 0.1) is 18.7 Å². The molecule has 36 heavy (non-hydrogen) atoms. The zero-order valence-electron chi connectivity index (χ0n) is 21.1. The number of methoxy groups -OCH3 is 1. The predicted molar refractivity (Wildman–Crippen MR) is 141 cm³/mol. The molecule has 0 aliphatic carbocycles. The van der Waals surface area contributed by atoms with Gasteiger partial charge >= 0.3 is 0 Å². The lowest BCUT2D eigenvalue weighted by molar-refractivity contribution is 0.0782. The fourth-order valence-corrected chi connectivity index (χ4v) is 5.54. The molecule has 3 aromatic rings. The third-order valence-electron chi connectivity index (χ3n) is 7.59. The topological polar surface area (TPSA) is 36.0 Å². The first-order valence-electron chi connectivity index (χ1n) is 12.7. The molecule has 2 heterocycles. The van der Waals surface area contributed by atoms with Gasteiger partial charge in [0.2, 0.25) is 0 Å². The van der Waals surface area contributed by atoms with Crippen molar-refractivity contribution in [3.8, 4) is 5.75 Å². The second-order valence-corrected chi connectivity index (χ2v) is 9.99. The molecule has 0 bridgehead atoms. The molecule has 0 saturated carbocycles. The van der Waals surface area contributed by atoms with Crippen molar-refractivity contribution in [2.75, 3.05) is 57.8 Å². The van der Waals surface area contributed by atoms with E-state index >= 15 is 0 Å². The lowest BCUT2D eigenvalue weighted by atomic mass is 9.88. The third-order valence-corrected chi connectivity index (χ3v) is 7.59. The Morgan fingerprint density at radius 3 is 2.42 bits per heavy atom. The van der Waals surface area contributed by atoms with E-state index in [1.807, 2.05) is 54.3 Å². The van der Waals surface area contributed by atoms with Crippen LogP contribution in [0.15, 0.2) is 72.8 Å². The van der Waals surface area contributed by atoms with Crippen molar-refractivity contribution >= 4 is 11.6 Å².